The predicted octanol–water partition coefficient (Wildman–Crippen LogP) is 5.76. The molecule has 0 aliphatic heterocycles. The SMILES string of the molecule is CCN(Cc1ccccc1)S(=O)(=O)c1ccc(C(=O)N(Cc2ccccn2)c2nc3ccc(OC)cc3s2)cc1. The first-order chi connectivity index (χ1) is 19.4. The Morgan fingerprint density at radius 2 is 1.68 bits per heavy atom. The summed E-state index contributed by atoms with van der Waals surface area (Å²) in [7, 11) is -2.16. The molecule has 10 heteroatoms. The minimum absolute atomic E-state index is 0.130. The lowest BCUT2D eigenvalue weighted by Crippen LogP contribution is -2.31. The highest BCUT2D eigenvalue weighted by Crippen LogP contribution is 2.33. The summed E-state index contributed by atoms with van der Waals surface area (Å²) >= 11 is 1.38. The normalized spacial score (nSPS) is 11.6. The second-order valence-electron chi connectivity index (χ2n) is 8.98. The van der Waals surface area contributed by atoms with Gasteiger partial charge in [-0.25, -0.2) is 13.4 Å². The van der Waals surface area contributed by atoms with E-state index in [1.54, 1.807) is 30.3 Å². The molecule has 2 aromatic heterocycles. The molecule has 3 aromatic carbocycles. The van der Waals surface area contributed by atoms with Crippen LogP contribution in [0.2, 0.25) is 0 Å². The number of hydrogen-bond donors (Lipinski definition) is 0. The molecule has 1 amide bonds. The van der Waals surface area contributed by atoms with Crippen molar-refractivity contribution in [3.8, 4) is 5.75 Å². The van der Waals surface area contributed by atoms with E-state index >= 15 is 0 Å². The lowest BCUT2D eigenvalue weighted by Gasteiger charge is -2.22. The van der Waals surface area contributed by atoms with Crippen LogP contribution in [-0.2, 0) is 23.1 Å². The van der Waals surface area contributed by atoms with Crippen molar-refractivity contribution < 1.29 is 17.9 Å². The summed E-state index contributed by atoms with van der Waals surface area (Å²) in [6.07, 6.45) is 1.68. The van der Waals surface area contributed by atoms with Gasteiger partial charge in [-0.3, -0.25) is 14.7 Å². The van der Waals surface area contributed by atoms with Crippen LogP contribution in [0.3, 0.4) is 0 Å². The molecule has 0 bridgehead atoms. The Morgan fingerprint density at radius 1 is 0.925 bits per heavy atom. The molecule has 2 heterocycles. The van der Waals surface area contributed by atoms with E-state index in [-0.39, 0.29) is 23.9 Å². The predicted molar refractivity (Wildman–Crippen MR) is 157 cm³/mol. The highest BCUT2D eigenvalue weighted by Gasteiger charge is 2.26. The lowest BCUT2D eigenvalue weighted by atomic mass is 10.2. The van der Waals surface area contributed by atoms with Crippen molar-refractivity contribution in [1.82, 2.24) is 14.3 Å². The fourth-order valence-corrected chi connectivity index (χ4v) is 6.67. The molecule has 204 valence electrons. The minimum atomic E-state index is -3.76. The van der Waals surface area contributed by atoms with Gasteiger partial charge in [0, 0.05) is 24.8 Å². The van der Waals surface area contributed by atoms with Gasteiger partial charge in [0.15, 0.2) is 5.13 Å². The molecule has 0 spiro atoms. The summed E-state index contributed by atoms with van der Waals surface area (Å²) in [4.78, 5) is 24.6. The molecule has 0 saturated heterocycles. The van der Waals surface area contributed by atoms with Crippen LogP contribution in [0, 0.1) is 0 Å². The van der Waals surface area contributed by atoms with Gasteiger partial charge in [-0.1, -0.05) is 54.7 Å². The Labute approximate surface area is 237 Å². The summed E-state index contributed by atoms with van der Waals surface area (Å²) in [6, 6.07) is 26.6. The van der Waals surface area contributed by atoms with E-state index in [2.05, 4.69) is 4.98 Å². The number of nitrogens with zero attached hydrogens (tertiary/aromatic N) is 4. The molecule has 0 N–H and O–H groups in total. The highest BCUT2D eigenvalue weighted by atomic mass is 32.2. The Balaban J connectivity index is 1.44. The average Bonchev–Trinajstić information content (AvgIpc) is 3.42. The molecule has 0 atom stereocenters. The van der Waals surface area contributed by atoms with Crippen molar-refractivity contribution in [3.63, 3.8) is 0 Å². The zero-order valence-electron chi connectivity index (χ0n) is 22.1. The van der Waals surface area contributed by atoms with Gasteiger partial charge in [-0.15, -0.1) is 0 Å². The molecule has 8 nitrogen and oxygen atoms in total. The number of thiazole rings is 1. The van der Waals surface area contributed by atoms with Crippen LogP contribution in [0.25, 0.3) is 10.2 Å². The van der Waals surface area contributed by atoms with Crippen molar-refractivity contribution in [1.29, 1.82) is 0 Å². The van der Waals surface area contributed by atoms with Gasteiger partial charge < -0.3 is 4.74 Å². The summed E-state index contributed by atoms with van der Waals surface area (Å²) in [6.45, 7) is 2.59. The summed E-state index contributed by atoms with van der Waals surface area (Å²) in [5, 5.41) is 0.510. The van der Waals surface area contributed by atoms with Crippen LogP contribution in [0.1, 0.15) is 28.5 Å². The Bertz CT molecular complexity index is 1710. The molecule has 5 aromatic rings. The number of rotatable bonds is 10. The lowest BCUT2D eigenvalue weighted by molar-refractivity contribution is 0.0984. The smallest absolute Gasteiger partial charge is 0.260 e. The third-order valence-electron chi connectivity index (χ3n) is 6.40. The van der Waals surface area contributed by atoms with Crippen LogP contribution in [-0.4, -0.2) is 42.3 Å². The maximum atomic E-state index is 13.8. The van der Waals surface area contributed by atoms with Crippen molar-refractivity contribution >= 4 is 42.6 Å². The van der Waals surface area contributed by atoms with E-state index in [0.29, 0.717) is 28.7 Å². The van der Waals surface area contributed by atoms with Gasteiger partial charge >= 0.3 is 0 Å². The van der Waals surface area contributed by atoms with E-state index in [1.807, 2.05) is 73.7 Å². The van der Waals surface area contributed by atoms with Crippen molar-refractivity contribution in [2.45, 2.75) is 24.9 Å². The fourth-order valence-electron chi connectivity index (χ4n) is 4.24. The number of carbonyl (C=O) groups excluding carboxylic acids is 1. The number of hydrogen-bond acceptors (Lipinski definition) is 7. The maximum Gasteiger partial charge on any atom is 0.260 e. The second kappa shape index (κ2) is 12.0. The number of sulfonamides is 1. The van der Waals surface area contributed by atoms with Crippen LogP contribution in [0.15, 0.2) is 102 Å². The third kappa shape index (κ3) is 5.89. The number of fused-ring (bicyclic) bond motifs is 1. The maximum absolute atomic E-state index is 13.8. The number of methoxy groups -OCH3 is 1. The molecule has 5 rings (SSSR count). The molecular weight excluding hydrogens is 544 g/mol. The monoisotopic (exact) mass is 572 g/mol. The molecule has 0 aliphatic carbocycles. The summed E-state index contributed by atoms with van der Waals surface area (Å²) in [5.74, 6) is 0.396. The zero-order valence-corrected chi connectivity index (χ0v) is 23.7. The van der Waals surface area contributed by atoms with Gasteiger partial charge in [-0.2, -0.15) is 4.31 Å². The quantitative estimate of drug-likeness (QED) is 0.211. The first kappa shape index (κ1) is 27.4. The largest absolute Gasteiger partial charge is 0.497 e. The topological polar surface area (TPSA) is 92.7 Å². The molecule has 40 heavy (non-hydrogen) atoms. The van der Waals surface area contributed by atoms with Gasteiger partial charge in [0.25, 0.3) is 5.91 Å². The summed E-state index contributed by atoms with van der Waals surface area (Å²) in [5.41, 5.74) is 2.70. The van der Waals surface area contributed by atoms with Gasteiger partial charge in [-0.05, 0) is 60.2 Å². The van der Waals surface area contributed by atoms with Gasteiger partial charge in [0.2, 0.25) is 10.0 Å². The van der Waals surface area contributed by atoms with E-state index < -0.39 is 10.0 Å². The molecule has 0 saturated carbocycles. The number of benzene rings is 3. The van der Waals surface area contributed by atoms with Crippen molar-refractivity contribution in [2.24, 2.45) is 0 Å². The summed E-state index contributed by atoms with van der Waals surface area (Å²) < 4.78 is 34.4. The first-order valence-corrected chi connectivity index (χ1v) is 14.9. The molecule has 0 unspecified atom stereocenters. The number of ether oxygens (including phenoxy) is 1. The molecule has 0 aliphatic rings. The van der Waals surface area contributed by atoms with Crippen LogP contribution in [0.4, 0.5) is 5.13 Å². The zero-order chi connectivity index (χ0) is 28.1. The third-order valence-corrected chi connectivity index (χ3v) is 9.38. The standard InChI is InChI=1S/C30H28N4O4S2/c1-3-33(20-22-9-5-4-6-10-22)40(36,37)26-15-12-23(13-16-26)29(35)34(21-24-11-7-8-18-31-24)30-32-27-17-14-25(38-2)19-28(27)39-30/h4-19H,3,20-21H2,1-2H3. The van der Waals surface area contributed by atoms with E-state index in [0.717, 1.165) is 15.8 Å². The van der Waals surface area contributed by atoms with Crippen LogP contribution < -0.4 is 9.64 Å². The van der Waals surface area contributed by atoms with Crippen LogP contribution >= 0.6 is 11.3 Å². The number of pyridine rings is 1. The van der Waals surface area contributed by atoms with E-state index in [4.69, 9.17) is 9.72 Å². The number of amides is 1. The minimum Gasteiger partial charge on any atom is -0.497 e. The Morgan fingerprint density at radius 3 is 2.35 bits per heavy atom. The average molecular weight is 573 g/mol. The second-order valence-corrected chi connectivity index (χ2v) is 11.9. The van der Waals surface area contributed by atoms with Crippen LogP contribution in [0.5, 0.6) is 5.75 Å². The van der Waals surface area contributed by atoms with Gasteiger partial charge in [0.1, 0.15) is 5.75 Å². The first-order valence-electron chi connectivity index (χ1n) is 12.7. The Hall–Kier alpha value is -4.12. The molecule has 0 fully saturated rings. The number of aromatic nitrogens is 2. The van der Waals surface area contributed by atoms with Crippen molar-refractivity contribution in [3.05, 3.63) is 114 Å². The molecule has 0 radical (unpaired) electrons. The number of carbonyl (C=O) groups is 1. The number of anilines is 1. The Kier molecular flexibility index (Phi) is 8.20. The van der Waals surface area contributed by atoms with E-state index in [9.17, 15) is 13.2 Å². The fraction of sp³-hybridized carbons (Fsp3) is 0.167. The molecular formula is C30H28N4O4S2. The van der Waals surface area contributed by atoms with Crippen molar-refractivity contribution in [2.75, 3.05) is 18.6 Å². The van der Waals surface area contributed by atoms with Gasteiger partial charge in [0.05, 0.1) is 34.5 Å². The van der Waals surface area contributed by atoms with E-state index in [1.165, 1.54) is 27.8 Å². The highest BCUT2D eigenvalue weighted by molar-refractivity contribution is 7.89.